The van der Waals surface area contributed by atoms with Gasteiger partial charge in [0.2, 0.25) is 5.91 Å². The van der Waals surface area contributed by atoms with E-state index in [0.29, 0.717) is 0 Å². The Morgan fingerprint density at radius 2 is 2.00 bits per heavy atom. The molecule has 0 heterocycles. The van der Waals surface area contributed by atoms with Gasteiger partial charge < -0.3 is 15.7 Å². The van der Waals surface area contributed by atoms with Crippen LogP contribution >= 0.6 is 0 Å². The lowest BCUT2D eigenvalue weighted by atomic mass is 10.0. The lowest BCUT2D eigenvalue weighted by Gasteiger charge is -2.28. The lowest BCUT2D eigenvalue weighted by Crippen LogP contribution is -2.42. The van der Waals surface area contributed by atoms with Crippen LogP contribution in [-0.4, -0.2) is 35.5 Å². The van der Waals surface area contributed by atoms with Gasteiger partial charge in [0.05, 0.1) is 18.7 Å². The summed E-state index contributed by atoms with van der Waals surface area (Å²) in [5, 5.41) is 10.1. The molecule has 88 valence electrons. The number of rotatable bonds is 4. The van der Waals surface area contributed by atoms with E-state index in [9.17, 15) is 9.90 Å². The van der Waals surface area contributed by atoms with Crippen LogP contribution in [0.5, 0.6) is 0 Å². The van der Waals surface area contributed by atoms with Crippen molar-refractivity contribution >= 4 is 5.91 Å². The molecule has 1 amide bonds. The van der Waals surface area contributed by atoms with Crippen LogP contribution in [-0.2, 0) is 4.79 Å². The number of carbonyl (C=O) groups excluding carboxylic acids is 1. The Kier molecular flexibility index (Phi) is 4.46. The van der Waals surface area contributed by atoms with Crippen LogP contribution < -0.4 is 5.73 Å². The van der Waals surface area contributed by atoms with Gasteiger partial charge in [0, 0.05) is 7.05 Å². The second-order valence-electron chi connectivity index (χ2n) is 3.80. The SMILES string of the molecule is C[C@@H]([C@H](O)c1ccccc1)N(C)C(=O)CN. The summed E-state index contributed by atoms with van der Waals surface area (Å²) in [4.78, 5) is 12.8. The Bertz CT molecular complexity index is 340. The minimum Gasteiger partial charge on any atom is -0.386 e. The van der Waals surface area contributed by atoms with Gasteiger partial charge in [-0.05, 0) is 12.5 Å². The Hall–Kier alpha value is -1.39. The Labute approximate surface area is 95.7 Å². The molecule has 1 aromatic rings. The maximum Gasteiger partial charge on any atom is 0.236 e. The van der Waals surface area contributed by atoms with Crippen LogP contribution in [0, 0.1) is 0 Å². The summed E-state index contributed by atoms with van der Waals surface area (Å²) in [6, 6.07) is 8.98. The largest absolute Gasteiger partial charge is 0.386 e. The van der Waals surface area contributed by atoms with E-state index in [1.54, 1.807) is 14.0 Å². The highest BCUT2D eigenvalue weighted by molar-refractivity contribution is 5.78. The normalized spacial score (nSPS) is 14.2. The molecule has 2 atom stereocenters. The van der Waals surface area contributed by atoms with Crippen LogP contribution in [0.4, 0.5) is 0 Å². The molecule has 3 N–H and O–H groups in total. The maximum atomic E-state index is 11.4. The zero-order valence-electron chi connectivity index (χ0n) is 9.63. The van der Waals surface area contributed by atoms with Gasteiger partial charge in [-0.25, -0.2) is 0 Å². The topological polar surface area (TPSA) is 66.6 Å². The van der Waals surface area contributed by atoms with Crippen LogP contribution in [0.3, 0.4) is 0 Å². The first kappa shape index (κ1) is 12.7. The van der Waals surface area contributed by atoms with Crippen molar-refractivity contribution in [2.24, 2.45) is 5.73 Å². The summed E-state index contributed by atoms with van der Waals surface area (Å²) in [5.74, 6) is -0.178. The van der Waals surface area contributed by atoms with Gasteiger partial charge in [-0.3, -0.25) is 4.79 Å². The minimum absolute atomic E-state index is 0.0393. The van der Waals surface area contributed by atoms with Crippen molar-refractivity contribution in [3.8, 4) is 0 Å². The summed E-state index contributed by atoms with van der Waals surface area (Å²) >= 11 is 0. The molecular formula is C12H18N2O2. The number of carbonyl (C=O) groups is 1. The van der Waals surface area contributed by atoms with Gasteiger partial charge in [0.1, 0.15) is 0 Å². The molecule has 1 aromatic carbocycles. The van der Waals surface area contributed by atoms with Gasteiger partial charge in [-0.15, -0.1) is 0 Å². The van der Waals surface area contributed by atoms with Gasteiger partial charge in [0.25, 0.3) is 0 Å². The standard InChI is InChI=1S/C12H18N2O2/c1-9(14(2)11(15)8-13)12(16)10-6-4-3-5-7-10/h3-7,9,12,16H,8,13H2,1-2H3/t9-,12-/m0/s1. The van der Waals surface area contributed by atoms with Gasteiger partial charge in [0.15, 0.2) is 0 Å². The molecule has 0 fully saturated rings. The second-order valence-corrected chi connectivity index (χ2v) is 3.80. The first-order valence-electron chi connectivity index (χ1n) is 5.26. The Morgan fingerprint density at radius 1 is 1.44 bits per heavy atom. The average molecular weight is 222 g/mol. The molecule has 4 heteroatoms. The van der Waals surface area contributed by atoms with E-state index in [4.69, 9.17) is 5.73 Å². The molecule has 0 aromatic heterocycles. The van der Waals surface area contributed by atoms with Gasteiger partial charge in [-0.1, -0.05) is 30.3 Å². The quantitative estimate of drug-likeness (QED) is 0.780. The molecule has 0 saturated heterocycles. The number of aliphatic hydroxyl groups is 1. The predicted molar refractivity (Wildman–Crippen MR) is 62.7 cm³/mol. The third kappa shape index (κ3) is 2.81. The molecule has 0 bridgehead atoms. The molecule has 0 saturated carbocycles. The van der Waals surface area contributed by atoms with E-state index in [-0.39, 0.29) is 18.5 Å². The zero-order valence-corrected chi connectivity index (χ0v) is 9.63. The number of aliphatic hydroxyl groups excluding tert-OH is 1. The number of nitrogens with zero attached hydrogens (tertiary/aromatic N) is 1. The smallest absolute Gasteiger partial charge is 0.236 e. The number of benzene rings is 1. The predicted octanol–water partition coefficient (Wildman–Crippen LogP) is 0.526. The summed E-state index contributed by atoms with van der Waals surface area (Å²) in [6.07, 6.45) is -0.693. The molecule has 0 spiro atoms. The highest BCUT2D eigenvalue weighted by Crippen LogP contribution is 2.19. The van der Waals surface area contributed by atoms with Crippen LogP contribution in [0.15, 0.2) is 30.3 Å². The fourth-order valence-corrected chi connectivity index (χ4v) is 1.51. The molecule has 0 radical (unpaired) electrons. The summed E-state index contributed by atoms with van der Waals surface area (Å²) in [6.45, 7) is 1.76. The van der Waals surface area contributed by atoms with E-state index in [0.717, 1.165) is 5.56 Å². The molecule has 1 rings (SSSR count). The molecule has 0 aliphatic heterocycles. The zero-order chi connectivity index (χ0) is 12.1. The van der Waals surface area contributed by atoms with Crippen molar-refractivity contribution in [1.82, 2.24) is 4.90 Å². The molecular weight excluding hydrogens is 204 g/mol. The molecule has 0 aliphatic rings. The average Bonchev–Trinajstić information content (AvgIpc) is 2.36. The Balaban J connectivity index is 2.74. The highest BCUT2D eigenvalue weighted by atomic mass is 16.3. The fraction of sp³-hybridized carbons (Fsp3) is 0.417. The number of nitrogens with two attached hydrogens (primary N) is 1. The van der Waals surface area contributed by atoms with Gasteiger partial charge in [-0.2, -0.15) is 0 Å². The molecule has 0 aliphatic carbocycles. The minimum atomic E-state index is -0.693. The van der Waals surface area contributed by atoms with Crippen LogP contribution in [0.25, 0.3) is 0 Å². The van der Waals surface area contributed by atoms with Crippen molar-refractivity contribution in [3.63, 3.8) is 0 Å². The first-order valence-corrected chi connectivity index (χ1v) is 5.26. The number of hydrogen-bond donors (Lipinski definition) is 2. The second kappa shape index (κ2) is 5.63. The summed E-state index contributed by atoms with van der Waals surface area (Å²) in [7, 11) is 1.64. The van der Waals surface area contributed by atoms with Crippen LogP contribution in [0.1, 0.15) is 18.6 Å². The van der Waals surface area contributed by atoms with Crippen molar-refractivity contribution in [1.29, 1.82) is 0 Å². The van der Waals surface area contributed by atoms with E-state index < -0.39 is 6.10 Å². The third-order valence-corrected chi connectivity index (χ3v) is 2.78. The van der Waals surface area contributed by atoms with Crippen molar-refractivity contribution < 1.29 is 9.90 Å². The Morgan fingerprint density at radius 3 is 2.50 bits per heavy atom. The fourth-order valence-electron chi connectivity index (χ4n) is 1.51. The molecule has 16 heavy (non-hydrogen) atoms. The van der Waals surface area contributed by atoms with Crippen molar-refractivity contribution in [2.45, 2.75) is 19.1 Å². The molecule has 4 nitrogen and oxygen atoms in total. The van der Waals surface area contributed by atoms with Crippen molar-refractivity contribution in [2.75, 3.05) is 13.6 Å². The molecule has 0 unspecified atom stereocenters. The monoisotopic (exact) mass is 222 g/mol. The van der Waals surface area contributed by atoms with Crippen molar-refractivity contribution in [3.05, 3.63) is 35.9 Å². The van der Waals surface area contributed by atoms with E-state index in [2.05, 4.69) is 0 Å². The van der Waals surface area contributed by atoms with Gasteiger partial charge >= 0.3 is 0 Å². The maximum absolute atomic E-state index is 11.4. The number of likely N-dealkylation sites (N-methyl/N-ethyl adjacent to an activating group) is 1. The van der Waals surface area contributed by atoms with E-state index in [1.165, 1.54) is 4.90 Å². The summed E-state index contributed by atoms with van der Waals surface area (Å²) in [5.41, 5.74) is 6.07. The summed E-state index contributed by atoms with van der Waals surface area (Å²) < 4.78 is 0. The van der Waals surface area contributed by atoms with Crippen LogP contribution in [0.2, 0.25) is 0 Å². The number of hydrogen-bond acceptors (Lipinski definition) is 3. The highest BCUT2D eigenvalue weighted by Gasteiger charge is 2.22. The lowest BCUT2D eigenvalue weighted by molar-refractivity contribution is -0.132. The number of amides is 1. The van der Waals surface area contributed by atoms with E-state index >= 15 is 0 Å². The first-order chi connectivity index (χ1) is 7.57. The third-order valence-electron chi connectivity index (χ3n) is 2.78. The van der Waals surface area contributed by atoms with E-state index in [1.807, 2.05) is 30.3 Å².